The van der Waals surface area contributed by atoms with Gasteiger partial charge in [0.05, 0.1) is 6.61 Å². The Balaban J connectivity index is 1.82. The summed E-state index contributed by atoms with van der Waals surface area (Å²) >= 11 is 0. The molecule has 1 heterocycles. The van der Waals surface area contributed by atoms with Crippen LogP contribution in [-0.2, 0) is 4.74 Å². The molecule has 118 valence electrons. The standard InChI is InChI=1S/C17H34N2O/c1-3-10-18-17(16-8-4-5-9-16)13-19-11-6-7-15(12-19)14-20-2/h15-18H,3-14H2,1-2H3. The fourth-order valence-electron chi connectivity index (χ4n) is 4.04. The van der Waals surface area contributed by atoms with Crippen molar-refractivity contribution in [1.82, 2.24) is 10.2 Å². The molecule has 0 aromatic rings. The van der Waals surface area contributed by atoms with E-state index < -0.39 is 0 Å². The van der Waals surface area contributed by atoms with Gasteiger partial charge in [-0.05, 0) is 57.0 Å². The van der Waals surface area contributed by atoms with E-state index in [1.165, 1.54) is 71.1 Å². The zero-order valence-electron chi connectivity index (χ0n) is 13.6. The molecule has 0 amide bonds. The highest BCUT2D eigenvalue weighted by atomic mass is 16.5. The van der Waals surface area contributed by atoms with Gasteiger partial charge in [0.25, 0.3) is 0 Å². The second-order valence-corrected chi connectivity index (χ2v) is 6.83. The van der Waals surface area contributed by atoms with E-state index in [9.17, 15) is 0 Å². The topological polar surface area (TPSA) is 24.5 Å². The maximum absolute atomic E-state index is 5.36. The first-order chi connectivity index (χ1) is 9.83. The molecule has 2 aliphatic rings. The lowest BCUT2D eigenvalue weighted by molar-refractivity contribution is 0.0811. The number of nitrogens with zero attached hydrogens (tertiary/aromatic N) is 1. The average Bonchev–Trinajstić information content (AvgIpc) is 2.98. The predicted octanol–water partition coefficient (Wildman–Crippen LogP) is 2.90. The van der Waals surface area contributed by atoms with E-state index in [2.05, 4.69) is 17.1 Å². The van der Waals surface area contributed by atoms with Gasteiger partial charge in [-0.3, -0.25) is 0 Å². The molecule has 2 fully saturated rings. The van der Waals surface area contributed by atoms with Crippen LogP contribution in [0.2, 0.25) is 0 Å². The van der Waals surface area contributed by atoms with Crippen molar-refractivity contribution in [3.63, 3.8) is 0 Å². The monoisotopic (exact) mass is 282 g/mol. The molecule has 0 aromatic carbocycles. The minimum atomic E-state index is 0.721. The van der Waals surface area contributed by atoms with Crippen molar-refractivity contribution < 1.29 is 4.74 Å². The molecule has 2 unspecified atom stereocenters. The minimum absolute atomic E-state index is 0.721. The van der Waals surface area contributed by atoms with Crippen molar-refractivity contribution >= 4 is 0 Å². The van der Waals surface area contributed by atoms with Crippen LogP contribution in [0.15, 0.2) is 0 Å². The first-order valence-electron chi connectivity index (χ1n) is 8.78. The fraction of sp³-hybridized carbons (Fsp3) is 1.00. The summed E-state index contributed by atoms with van der Waals surface area (Å²) in [4.78, 5) is 2.69. The average molecular weight is 282 g/mol. The first-order valence-corrected chi connectivity index (χ1v) is 8.78. The van der Waals surface area contributed by atoms with Gasteiger partial charge in [0.2, 0.25) is 0 Å². The largest absolute Gasteiger partial charge is 0.384 e. The number of rotatable bonds is 8. The van der Waals surface area contributed by atoms with Crippen molar-refractivity contribution in [1.29, 1.82) is 0 Å². The number of ether oxygens (including phenoxy) is 1. The van der Waals surface area contributed by atoms with Gasteiger partial charge >= 0.3 is 0 Å². The first kappa shape index (κ1) is 16.3. The van der Waals surface area contributed by atoms with Crippen LogP contribution >= 0.6 is 0 Å². The molecule has 2 atom stereocenters. The number of hydrogen-bond acceptors (Lipinski definition) is 3. The van der Waals surface area contributed by atoms with Crippen LogP contribution in [0.25, 0.3) is 0 Å². The Bertz CT molecular complexity index is 251. The van der Waals surface area contributed by atoms with E-state index >= 15 is 0 Å². The Morgan fingerprint density at radius 1 is 1.20 bits per heavy atom. The van der Waals surface area contributed by atoms with Gasteiger partial charge in [-0.25, -0.2) is 0 Å². The highest BCUT2D eigenvalue weighted by Crippen LogP contribution is 2.29. The van der Waals surface area contributed by atoms with E-state index in [-0.39, 0.29) is 0 Å². The smallest absolute Gasteiger partial charge is 0.0502 e. The van der Waals surface area contributed by atoms with Crippen molar-refractivity contribution in [3.05, 3.63) is 0 Å². The van der Waals surface area contributed by atoms with Crippen LogP contribution in [0, 0.1) is 11.8 Å². The Hall–Kier alpha value is -0.120. The zero-order chi connectivity index (χ0) is 14.2. The normalized spacial score (nSPS) is 27.0. The molecule has 1 aliphatic carbocycles. The van der Waals surface area contributed by atoms with Crippen molar-refractivity contribution in [2.24, 2.45) is 11.8 Å². The Morgan fingerprint density at radius 2 is 2.00 bits per heavy atom. The van der Waals surface area contributed by atoms with Gasteiger partial charge in [0.1, 0.15) is 0 Å². The van der Waals surface area contributed by atoms with Crippen LogP contribution in [0.1, 0.15) is 51.9 Å². The summed E-state index contributed by atoms with van der Waals surface area (Å²) in [6.45, 7) is 8.17. The number of methoxy groups -OCH3 is 1. The molecule has 1 saturated heterocycles. The van der Waals surface area contributed by atoms with Crippen LogP contribution < -0.4 is 5.32 Å². The Morgan fingerprint density at radius 3 is 2.70 bits per heavy atom. The molecule has 2 rings (SSSR count). The van der Waals surface area contributed by atoms with Gasteiger partial charge in [0.15, 0.2) is 0 Å². The summed E-state index contributed by atoms with van der Waals surface area (Å²) in [5.74, 6) is 1.67. The highest BCUT2D eigenvalue weighted by Gasteiger charge is 2.28. The van der Waals surface area contributed by atoms with Gasteiger partial charge in [-0.1, -0.05) is 19.8 Å². The number of hydrogen-bond donors (Lipinski definition) is 1. The van der Waals surface area contributed by atoms with Crippen molar-refractivity contribution in [2.75, 3.05) is 39.9 Å². The van der Waals surface area contributed by atoms with Crippen LogP contribution in [0.4, 0.5) is 0 Å². The van der Waals surface area contributed by atoms with Gasteiger partial charge in [-0.15, -0.1) is 0 Å². The maximum Gasteiger partial charge on any atom is 0.0502 e. The summed E-state index contributed by atoms with van der Waals surface area (Å²) in [7, 11) is 1.84. The Kier molecular flexibility index (Phi) is 7.32. The maximum atomic E-state index is 5.36. The van der Waals surface area contributed by atoms with E-state index in [4.69, 9.17) is 4.74 Å². The third-order valence-electron chi connectivity index (χ3n) is 5.09. The lowest BCUT2D eigenvalue weighted by atomic mass is 9.94. The SMILES string of the molecule is CCCNC(CN1CCCC(COC)C1)C1CCCC1. The summed E-state index contributed by atoms with van der Waals surface area (Å²) in [5, 5.41) is 3.83. The van der Waals surface area contributed by atoms with Crippen molar-refractivity contribution in [3.8, 4) is 0 Å². The summed E-state index contributed by atoms with van der Waals surface area (Å²) in [6.07, 6.45) is 9.71. The highest BCUT2D eigenvalue weighted by molar-refractivity contribution is 4.85. The Labute approximate surface area is 125 Å². The van der Waals surface area contributed by atoms with Gasteiger partial charge < -0.3 is 15.0 Å². The summed E-state index contributed by atoms with van der Waals surface area (Å²) in [6, 6.07) is 0.721. The molecule has 0 aromatic heterocycles. The van der Waals surface area contributed by atoms with E-state index in [0.717, 1.165) is 24.5 Å². The molecule has 0 radical (unpaired) electrons. The molecule has 0 spiro atoms. The molecule has 3 nitrogen and oxygen atoms in total. The zero-order valence-corrected chi connectivity index (χ0v) is 13.6. The number of piperidine rings is 1. The molecule has 1 saturated carbocycles. The second kappa shape index (κ2) is 9.01. The lowest BCUT2D eigenvalue weighted by Crippen LogP contribution is -2.48. The van der Waals surface area contributed by atoms with E-state index in [1.54, 1.807) is 0 Å². The molecular weight excluding hydrogens is 248 g/mol. The summed E-state index contributed by atoms with van der Waals surface area (Å²) in [5.41, 5.74) is 0. The summed E-state index contributed by atoms with van der Waals surface area (Å²) < 4.78 is 5.36. The molecule has 1 aliphatic heterocycles. The third kappa shape index (κ3) is 5.01. The number of likely N-dealkylation sites (tertiary alicyclic amines) is 1. The van der Waals surface area contributed by atoms with E-state index in [1.807, 2.05) is 7.11 Å². The van der Waals surface area contributed by atoms with Crippen LogP contribution in [0.3, 0.4) is 0 Å². The number of nitrogens with one attached hydrogen (secondary N) is 1. The van der Waals surface area contributed by atoms with Gasteiger partial charge in [0, 0.05) is 26.2 Å². The van der Waals surface area contributed by atoms with Crippen LogP contribution in [-0.4, -0.2) is 50.8 Å². The molecule has 3 heteroatoms. The third-order valence-corrected chi connectivity index (χ3v) is 5.09. The van der Waals surface area contributed by atoms with Gasteiger partial charge in [-0.2, -0.15) is 0 Å². The van der Waals surface area contributed by atoms with Crippen molar-refractivity contribution in [2.45, 2.75) is 57.9 Å². The van der Waals surface area contributed by atoms with E-state index in [0.29, 0.717) is 0 Å². The molecule has 1 N–H and O–H groups in total. The minimum Gasteiger partial charge on any atom is -0.384 e. The lowest BCUT2D eigenvalue weighted by Gasteiger charge is -2.36. The van der Waals surface area contributed by atoms with Crippen LogP contribution in [0.5, 0.6) is 0 Å². The predicted molar refractivity (Wildman–Crippen MR) is 85.1 cm³/mol. The quantitative estimate of drug-likeness (QED) is 0.741. The second-order valence-electron chi connectivity index (χ2n) is 6.83. The molecule has 0 bridgehead atoms. The molecular formula is C17H34N2O. The molecule has 20 heavy (non-hydrogen) atoms. The fourth-order valence-corrected chi connectivity index (χ4v) is 4.04.